The SMILES string of the molecule is Cc1ccccc1[C@@H]1CNC[C@H]1C(=O)N1CCCC1Cc1ccccc1. The Morgan fingerprint density at radius 2 is 1.85 bits per heavy atom. The highest BCUT2D eigenvalue weighted by Gasteiger charge is 2.40. The fourth-order valence-corrected chi connectivity index (χ4v) is 4.71. The van der Waals surface area contributed by atoms with E-state index < -0.39 is 0 Å². The summed E-state index contributed by atoms with van der Waals surface area (Å²) >= 11 is 0. The van der Waals surface area contributed by atoms with E-state index in [1.807, 2.05) is 0 Å². The first-order valence-electron chi connectivity index (χ1n) is 9.84. The van der Waals surface area contributed by atoms with Gasteiger partial charge in [-0.1, -0.05) is 54.6 Å². The standard InChI is InChI=1S/C23H28N2O/c1-17-8-5-6-12-20(17)21-15-24-16-22(21)23(26)25-13-7-11-19(25)14-18-9-3-2-4-10-18/h2-6,8-10,12,19,21-22,24H,7,11,13-16H2,1H3/t19?,21-,22+/m0/s1. The maximum atomic E-state index is 13.4. The molecule has 1 N–H and O–H groups in total. The van der Waals surface area contributed by atoms with Crippen molar-refractivity contribution in [2.24, 2.45) is 5.92 Å². The van der Waals surface area contributed by atoms with Gasteiger partial charge in [-0.25, -0.2) is 0 Å². The highest BCUT2D eigenvalue weighted by Crippen LogP contribution is 2.33. The van der Waals surface area contributed by atoms with Crippen LogP contribution in [0.3, 0.4) is 0 Å². The molecule has 3 nitrogen and oxygen atoms in total. The van der Waals surface area contributed by atoms with Crippen LogP contribution in [-0.4, -0.2) is 36.5 Å². The van der Waals surface area contributed by atoms with Crippen LogP contribution >= 0.6 is 0 Å². The predicted octanol–water partition coefficient (Wildman–Crippen LogP) is 3.53. The lowest BCUT2D eigenvalue weighted by molar-refractivity contribution is -0.136. The van der Waals surface area contributed by atoms with E-state index in [0.29, 0.717) is 17.9 Å². The molecule has 136 valence electrons. The van der Waals surface area contributed by atoms with Crippen LogP contribution < -0.4 is 5.32 Å². The minimum Gasteiger partial charge on any atom is -0.339 e. The second-order valence-corrected chi connectivity index (χ2v) is 7.75. The maximum Gasteiger partial charge on any atom is 0.227 e. The Morgan fingerprint density at radius 3 is 2.65 bits per heavy atom. The van der Waals surface area contributed by atoms with Crippen molar-refractivity contribution >= 4 is 5.91 Å². The van der Waals surface area contributed by atoms with Gasteiger partial charge in [0.25, 0.3) is 0 Å². The van der Waals surface area contributed by atoms with Gasteiger partial charge in [0, 0.05) is 31.6 Å². The zero-order valence-electron chi connectivity index (χ0n) is 15.5. The monoisotopic (exact) mass is 348 g/mol. The molecular formula is C23H28N2O. The summed E-state index contributed by atoms with van der Waals surface area (Å²) in [7, 11) is 0. The van der Waals surface area contributed by atoms with E-state index >= 15 is 0 Å². The molecule has 2 heterocycles. The summed E-state index contributed by atoms with van der Waals surface area (Å²) in [5, 5.41) is 3.47. The fraction of sp³-hybridized carbons (Fsp3) is 0.435. The first kappa shape index (κ1) is 17.3. The minimum atomic E-state index is 0.0625. The smallest absolute Gasteiger partial charge is 0.227 e. The van der Waals surface area contributed by atoms with Crippen molar-refractivity contribution in [2.75, 3.05) is 19.6 Å². The average molecular weight is 348 g/mol. The van der Waals surface area contributed by atoms with E-state index in [0.717, 1.165) is 38.9 Å². The fourth-order valence-electron chi connectivity index (χ4n) is 4.71. The Bertz CT molecular complexity index is 758. The molecule has 2 aromatic carbocycles. The summed E-state index contributed by atoms with van der Waals surface area (Å²) in [6, 6.07) is 19.5. The number of carbonyl (C=O) groups is 1. The number of carbonyl (C=O) groups excluding carboxylic acids is 1. The van der Waals surface area contributed by atoms with Gasteiger partial charge in [-0.3, -0.25) is 4.79 Å². The van der Waals surface area contributed by atoms with Gasteiger partial charge in [0.2, 0.25) is 5.91 Å². The molecule has 1 unspecified atom stereocenters. The normalized spacial score (nSPS) is 25.6. The molecule has 0 saturated carbocycles. The lowest BCUT2D eigenvalue weighted by atomic mass is 9.85. The molecular weight excluding hydrogens is 320 g/mol. The van der Waals surface area contributed by atoms with Gasteiger partial charge in [0.1, 0.15) is 0 Å². The zero-order valence-corrected chi connectivity index (χ0v) is 15.5. The second kappa shape index (κ2) is 7.63. The molecule has 2 saturated heterocycles. The van der Waals surface area contributed by atoms with Crippen LogP contribution in [0.15, 0.2) is 54.6 Å². The number of aryl methyl sites for hydroxylation is 1. The average Bonchev–Trinajstić information content (AvgIpc) is 3.32. The molecule has 0 aliphatic carbocycles. The Balaban J connectivity index is 1.51. The molecule has 26 heavy (non-hydrogen) atoms. The molecule has 0 bridgehead atoms. The summed E-state index contributed by atoms with van der Waals surface area (Å²) < 4.78 is 0. The Labute approximate surface area is 156 Å². The molecule has 0 aromatic heterocycles. The van der Waals surface area contributed by atoms with Gasteiger partial charge in [-0.05, 0) is 42.9 Å². The Kier molecular flexibility index (Phi) is 5.07. The third-order valence-electron chi connectivity index (χ3n) is 6.09. The van der Waals surface area contributed by atoms with E-state index in [2.05, 4.69) is 71.7 Å². The van der Waals surface area contributed by atoms with Crippen LogP contribution in [0, 0.1) is 12.8 Å². The molecule has 1 amide bonds. The Morgan fingerprint density at radius 1 is 1.08 bits per heavy atom. The zero-order chi connectivity index (χ0) is 17.9. The summed E-state index contributed by atoms with van der Waals surface area (Å²) in [5.41, 5.74) is 3.95. The van der Waals surface area contributed by atoms with Crippen LogP contribution in [0.2, 0.25) is 0 Å². The van der Waals surface area contributed by atoms with E-state index in [4.69, 9.17) is 0 Å². The van der Waals surface area contributed by atoms with E-state index in [9.17, 15) is 4.79 Å². The highest BCUT2D eigenvalue weighted by molar-refractivity contribution is 5.81. The van der Waals surface area contributed by atoms with E-state index in [-0.39, 0.29) is 5.92 Å². The number of amides is 1. The lowest BCUT2D eigenvalue weighted by Gasteiger charge is -2.30. The highest BCUT2D eigenvalue weighted by atomic mass is 16.2. The first-order chi connectivity index (χ1) is 12.7. The summed E-state index contributed by atoms with van der Waals surface area (Å²) in [5.74, 6) is 0.704. The third-order valence-corrected chi connectivity index (χ3v) is 6.09. The lowest BCUT2D eigenvalue weighted by Crippen LogP contribution is -2.42. The Hall–Kier alpha value is -2.13. The van der Waals surface area contributed by atoms with Crippen LogP contribution in [-0.2, 0) is 11.2 Å². The number of hydrogen-bond acceptors (Lipinski definition) is 2. The van der Waals surface area contributed by atoms with Crippen molar-refractivity contribution in [2.45, 2.75) is 38.1 Å². The molecule has 2 aromatic rings. The van der Waals surface area contributed by atoms with Crippen LogP contribution in [0.4, 0.5) is 0 Å². The number of nitrogens with zero attached hydrogens (tertiary/aromatic N) is 1. The van der Waals surface area contributed by atoms with Gasteiger partial charge >= 0.3 is 0 Å². The number of hydrogen-bond donors (Lipinski definition) is 1. The number of likely N-dealkylation sites (tertiary alicyclic amines) is 1. The van der Waals surface area contributed by atoms with Crippen molar-refractivity contribution in [3.8, 4) is 0 Å². The van der Waals surface area contributed by atoms with Crippen LogP contribution in [0.25, 0.3) is 0 Å². The second-order valence-electron chi connectivity index (χ2n) is 7.75. The van der Waals surface area contributed by atoms with Crippen molar-refractivity contribution in [1.29, 1.82) is 0 Å². The van der Waals surface area contributed by atoms with Gasteiger partial charge in [-0.2, -0.15) is 0 Å². The summed E-state index contributed by atoms with van der Waals surface area (Å²) in [6.07, 6.45) is 3.22. The topological polar surface area (TPSA) is 32.3 Å². The quantitative estimate of drug-likeness (QED) is 0.917. The molecule has 0 radical (unpaired) electrons. The molecule has 2 aliphatic heterocycles. The van der Waals surface area contributed by atoms with Crippen molar-refractivity contribution in [1.82, 2.24) is 10.2 Å². The van der Waals surface area contributed by atoms with Gasteiger partial charge in [0.15, 0.2) is 0 Å². The molecule has 0 spiro atoms. The molecule has 4 rings (SSSR count). The molecule has 3 heteroatoms. The van der Waals surface area contributed by atoms with Crippen LogP contribution in [0.1, 0.15) is 35.4 Å². The van der Waals surface area contributed by atoms with Gasteiger partial charge < -0.3 is 10.2 Å². The third kappa shape index (κ3) is 3.41. The summed E-state index contributed by atoms with van der Waals surface area (Å²) in [6.45, 7) is 4.77. The van der Waals surface area contributed by atoms with Crippen molar-refractivity contribution in [3.63, 3.8) is 0 Å². The largest absolute Gasteiger partial charge is 0.339 e. The van der Waals surface area contributed by atoms with Crippen LogP contribution in [0.5, 0.6) is 0 Å². The van der Waals surface area contributed by atoms with Gasteiger partial charge in [0.05, 0.1) is 5.92 Å². The minimum absolute atomic E-state index is 0.0625. The number of nitrogens with one attached hydrogen (secondary N) is 1. The van der Waals surface area contributed by atoms with E-state index in [1.54, 1.807) is 0 Å². The molecule has 2 aliphatic rings. The predicted molar refractivity (Wildman–Crippen MR) is 105 cm³/mol. The molecule has 2 fully saturated rings. The summed E-state index contributed by atoms with van der Waals surface area (Å²) in [4.78, 5) is 15.6. The number of benzene rings is 2. The number of rotatable bonds is 4. The van der Waals surface area contributed by atoms with E-state index in [1.165, 1.54) is 16.7 Å². The maximum absolute atomic E-state index is 13.4. The first-order valence-corrected chi connectivity index (χ1v) is 9.84. The molecule has 3 atom stereocenters. The van der Waals surface area contributed by atoms with Crippen molar-refractivity contribution < 1.29 is 4.79 Å². The van der Waals surface area contributed by atoms with Gasteiger partial charge in [-0.15, -0.1) is 0 Å². The van der Waals surface area contributed by atoms with Crippen molar-refractivity contribution in [3.05, 3.63) is 71.3 Å².